The Bertz CT molecular complexity index is 1040. The second-order valence-corrected chi connectivity index (χ2v) is 22.9. The van der Waals surface area contributed by atoms with E-state index >= 15 is 0 Å². The predicted octanol–water partition coefficient (Wildman–Crippen LogP) is 18.5. The van der Waals surface area contributed by atoms with E-state index in [0.29, 0.717) is 26.4 Å². The molecule has 0 radical (unpaired) electrons. The molecule has 0 aromatic rings. The van der Waals surface area contributed by atoms with Crippen molar-refractivity contribution in [2.45, 2.75) is 310 Å². The summed E-state index contributed by atoms with van der Waals surface area (Å²) in [5, 5.41) is 8.52. The van der Waals surface area contributed by atoms with E-state index in [1.165, 1.54) is 244 Å². The molecule has 1 atom stereocenters. The van der Waals surface area contributed by atoms with Crippen molar-refractivity contribution >= 4 is 15.6 Å². The fourth-order valence-corrected chi connectivity index (χ4v) is 9.44. The molecule has 0 aromatic carbocycles. The van der Waals surface area contributed by atoms with Crippen molar-refractivity contribution < 1.29 is 56.7 Å². The van der Waals surface area contributed by atoms with Crippen LogP contribution in [0.2, 0.25) is 0 Å². The van der Waals surface area contributed by atoms with Gasteiger partial charge in [-0.3, -0.25) is 13.6 Å². The van der Waals surface area contributed by atoms with Gasteiger partial charge in [0.05, 0.1) is 46.2 Å². The molecule has 0 amide bonds. The van der Waals surface area contributed by atoms with E-state index in [2.05, 4.69) is 32.2 Å². The van der Waals surface area contributed by atoms with Crippen LogP contribution < -0.4 is 0 Å². The number of phosphoric acid groups is 2. The zero-order valence-corrected chi connectivity index (χ0v) is 49.9. The third-order valence-corrected chi connectivity index (χ3v) is 14.4. The van der Waals surface area contributed by atoms with Crippen LogP contribution in [-0.2, 0) is 36.9 Å². The first kappa shape index (κ1) is 76.3. The molecule has 12 nitrogen and oxygen atoms in total. The molecule has 0 heterocycles. The van der Waals surface area contributed by atoms with E-state index in [1.807, 2.05) is 0 Å². The van der Waals surface area contributed by atoms with Crippen LogP contribution in [-0.4, -0.2) is 85.9 Å². The average Bonchev–Trinajstić information content (AvgIpc) is 3.35. The first-order valence-electron chi connectivity index (χ1n) is 30.8. The van der Waals surface area contributed by atoms with Gasteiger partial charge in [0.25, 0.3) is 0 Å². The Kier molecular flexibility index (Phi) is 71.2. The smallest absolute Gasteiger partial charge is 0.394 e. The van der Waals surface area contributed by atoms with Crippen molar-refractivity contribution in [3.8, 4) is 0 Å². The molecule has 0 spiro atoms. The van der Waals surface area contributed by atoms with Crippen molar-refractivity contribution in [3.05, 3.63) is 0 Å². The largest absolute Gasteiger partial charge is 0.472 e. The number of aliphatic hydroxyl groups is 1. The standard InChI is InChI=1S/C28H59O5P.C15H33O5P.C15H32O2/c1-3-5-7-9-11-13-15-17-19-21-23-25-31-27-28-33-34(29,30)32-26-24-22-20-18-16-14-12-10-8-6-4-2;1-2-3-4-5-6-7-8-9-10-11-12-13-19-14-15-20-21(16,17)18;1-2-3-4-5-6-7-8-9-10-11-12-14-17-15-13-16/h3-28H2,1-2H3,(H,29,30);2-15H2,1H3,(H2,16,17,18);16H,2-15H2,1H3. The van der Waals surface area contributed by atoms with E-state index < -0.39 is 15.6 Å². The molecule has 0 aliphatic carbocycles. The van der Waals surface area contributed by atoms with Crippen LogP contribution >= 0.6 is 15.6 Å². The molecule has 4 N–H and O–H groups in total. The molecular formula is C58H124O12P2. The molecule has 0 aliphatic rings. The van der Waals surface area contributed by atoms with Gasteiger partial charge in [0.2, 0.25) is 0 Å². The zero-order valence-electron chi connectivity index (χ0n) is 48.1. The zero-order chi connectivity index (χ0) is 53.4. The summed E-state index contributed by atoms with van der Waals surface area (Å²) in [6.45, 7) is 12.7. The first-order valence-corrected chi connectivity index (χ1v) is 33.8. The number of unbranched alkanes of at least 4 members (excludes halogenated alkanes) is 40. The normalized spacial score (nSPS) is 12.4. The lowest BCUT2D eigenvalue weighted by molar-refractivity contribution is 0.0742. The van der Waals surface area contributed by atoms with Crippen LogP contribution in [0.1, 0.15) is 310 Å². The molecule has 0 fully saturated rings. The molecule has 0 saturated heterocycles. The fraction of sp³-hybridized carbons (Fsp3) is 1.00. The summed E-state index contributed by atoms with van der Waals surface area (Å²) < 4.78 is 52.6. The molecule has 0 aliphatic heterocycles. The third-order valence-electron chi connectivity index (χ3n) is 12.9. The van der Waals surface area contributed by atoms with Crippen molar-refractivity contribution in [1.29, 1.82) is 0 Å². The number of hydrogen-bond acceptors (Lipinski definition) is 9. The van der Waals surface area contributed by atoms with Crippen molar-refractivity contribution in [2.75, 3.05) is 66.1 Å². The maximum absolute atomic E-state index is 11.9. The Morgan fingerprint density at radius 2 is 0.458 bits per heavy atom. The fourth-order valence-electron chi connectivity index (χ4n) is 8.39. The molecule has 0 saturated carbocycles. The molecule has 438 valence electrons. The van der Waals surface area contributed by atoms with E-state index in [9.17, 15) is 14.0 Å². The van der Waals surface area contributed by atoms with E-state index in [4.69, 9.17) is 38.2 Å². The molecule has 0 aromatic heterocycles. The Morgan fingerprint density at radius 1 is 0.250 bits per heavy atom. The van der Waals surface area contributed by atoms with Gasteiger partial charge in [0.1, 0.15) is 0 Å². The lowest BCUT2D eigenvalue weighted by Gasteiger charge is -2.12. The molecule has 14 heteroatoms. The summed E-state index contributed by atoms with van der Waals surface area (Å²) in [5.74, 6) is 0. The highest BCUT2D eigenvalue weighted by Gasteiger charge is 2.20. The average molecular weight is 1080 g/mol. The lowest BCUT2D eigenvalue weighted by atomic mass is 10.1. The van der Waals surface area contributed by atoms with Crippen LogP contribution in [0.3, 0.4) is 0 Å². The molecular weight excluding hydrogens is 951 g/mol. The Hall–Kier alpha value is 0.0600. The minimum Gasteiger partial charge on any atom is -0.394 e. The Morgan fingerprint density at radius 3 is 0.708 bits per heavy atom. The van der Waals surface area contributed by atoms with Gasteiger partial charge in [-0.1, -0.05) is 285 Å². The molecule has 72 heavy (non-hydrogen) atoms. The van der Waals surface area contributed by atoms with Crippen molar-refractivity contribution in [3.63, 3.8) is 0 Å². The minimum atomic E-state index is -4.33. The number of ether oxygens (including phenoxy) is 3. The van der Waals surface area contributed by atoms with Crippen LogP contribution in [0.5, 0.6) is 0 Å². The number of phosphoric ester groups is 2. The number of rotatable bonds is 59. The van der Waals surface area contributed by atoms with Crippen molar-refractivity contribution in [1.82, 2.24) is 0 Å². The lowest BCUT2D eigenvalue weighted by Crippen LogP contribution is -2.06. The minimum absolute atomic E-state index is 0.0533. The summed E-state index contributed by atoms with van der Waals surface area (Å²) in [4.78, 5) is 26.6. The maximum atomic E-state index is 11.9. The third kappa shape index (κ3) is 78.9. The monoisotopic (exact) mass is 1070 g/mol. The van der Waals surface area contributed by atoms with Gasteiger partial charge in [-0.25, -0.2) is 9.13 Å². The quantitative estimate of drug-likeness (QED) is 0.0336. The molecule has 1 unspecified atom stereocenters. The van der Waals surface area contributed by atoms with E-state index in [1.54, 1.807) is 0 Å². The van der Waals surface area contributed by atoms with Crippen LogP contribution in [0.15, 0.2) is 0 Å². The predicted molar refractivity (Wildman–Crippen MR) is 305 cm³/mol. The number of hydrogen-bond donors (Lipinski definition) is 4. The van der Waals surface area contributed by atoms with Gasteiger partial charge in [0, 0.05) is 19.8 Å². The summed E-state index contributed by atoms with van der Waals surface area (Å²) in [6.07, 6.45) is 57.4. The topological polar surface area (TPSA) is 170 Å². The summed E-state index contributed by atoms with van der Waals surface area (Å²) in [6, 6.07) is 0. The summed E-state index contributed by atoms with van der Waals surface area (Å²) in [5.41, 5.74) is 0. The highest BCUT2D eigenvalue weighted by Crippen LogP contribution is 2.43. The van der Waals surface area contributed by atoms with Gasteiger partial charge >= 0.3 is 15.6 Å². The first-order chi connectivity index (χ1) is 35.1. The second-order valence-electron chi connectivity index (χ2n) is 20.2. The Balaban J connectivity index is -0.00000107. The Labute approximate surface area is 447 Å². The van der Waals surface area contributed by atoms with Crippen LogP contribution in [0.25, 0.3) is 0 Å². The van der Waals surface area contributed by atoms with Gasteiger partial charge < -0.3 is 34.0 Å². The van der Waals surface area contributed by atoms with Crippen molar-refractivity contribution in [2.24, 2.45) is 0 Å². The highest BCUT2D eigenvalue weighted by molar-refractivity contribution is 7.47. The summed E-state index contributed by atoms with van der Waals surface area (Å²) >= 11 is 0. The highest BCUT2D eigenvalue weighted by atomic mass is 31.2. The summed E-state index contributed by atoms with van der Waals surface area (Å²) in [7, 11) is -8.27. The van der Waals surface area contributed by atoms with Gasteiger partial charge in [0.15, 0.2) is 0 Å². The maximum Gasteiger partial charge on any atom is 0.472 e. The van der Waals surface area contributed by atoms with Crippen LogP contribution in [0.4, 0.5) is 0 Å². The van der Waals surface area contributed by atoms with E-state index in [-0.39, 0.29) is 33.0 Å². The van der Waals surface area contributed by atoms with Crippen LogP contribution in [0, 0.1) is 0 Å². The van der Waals surface area contributed by atoms with Gasteiger partial charge in [-0.15, -0.1) is 0 Å². The van der Waals surface area contributed by atoms with Gasteiger partial charge in [-0.05, 0) is 25.7 Å². The van der Waals surface area contributed by atoms with Gasteiger partial charge in [-0.2, -0.15) is 0 Å². The number of aliphatic hydroxyl groups excluding tert-OH is 1. The second kappa shape index (κ2) is 67.2. The molecule has 0 bridgehead atoms. The molecule has 0 rings (SSSR count). The SMILES string of the molecule is CCCCCCCCCCCCCOCCO.CCCCCCCCCCCCCOCCOP(=O)(O)O.CCCCCCCCCCCCCOCCOP(=O)(O)OCCCCCCCCCCCCC. The van der Waals surface area contributed by atoms with E-state index in [0.717, 1.165) is 45.1 Å².